The highest BCUT2D eigenvalue weighted by atomic mass is 16.5. The third-order valence-corrected chi connectivity index (χ3v) is 4.37. The van der Waals surface area contributed by atoms with Crippen molar-refractivity contribution in [1.29, 1.82) is 0 Å². The number of hydrogen-bond acceptors (Lipinski definition) is 4. The van der Waals surface area contributed by atoms with Crippen molar-refractivity contribution in [2.45, 2.75) is 47.5 Å². The maximum absolute atomic E-state index is 12.3. The van der Waals surface area contributed by atoms with Gasteiger partial charge in [-0.3, -0.25) is 9.48 Å². The number of nitrogens with one attached hydrogen (secondary N) is 1. The van der Waals surface area contributed by atoms with Crippen LogP contribution in [0.4, 0.5) is 0 Å². The zero-order valence-electron chi connectivity index (χ0n) is 16.2. The van der Waals surface area contributed by atoms with Crippen molar-refractivity contribution in [3.8, 4) is 5.75 Å². The van der Waals surface area contributed by atoms with Crippen LogP contribution < -0.4 is 10.1 Å². The number of amides is 1. The maximum atomic E-state index is 12.3. The summed E-state index contributed by atoms with van der Waals surface area (Å²) in [6, 6.07) is 7.70. The smallest absolute Gasteiger partial charge is 0.272 e. The molecule has 0 radical (unpaired) electrons. The number of aryl methyl sites for hydroxylation is 4. The molecule has 7 heteroatoms. The van der Waals surface area contributed by atoms with Crippen LogP contribution in [0.3, 0.4) is 0 Å². The van der Waals surface area contributed by atoms with E-state index >= 15 is 0 Å². The zero-order valence-corrected chi connectivity index (χ0v) is 16.2. The standard InChI is InChI=1S/C20H25N5O2/c1-5-24-12-17(16(4)22-24)11-21-20(26)18-8-9-25(23-18)13-27-19-7-6-14(2)10-15(19)3/h6-10,12H,5,11,13H2,1-4H3,(H,21,26). The second kappa shape index (κ2) is 8.07. The van der Waals surface area contributed by atoms with E-state index in [1.54, 1.807) is 16.9 Å². The van der Waals surface area contributed by atoms with Gasteiger partial charge in [-0.05, 0) is 45.4 Å². The van der Waals surface area contributed by atoms with Crippen molar-refractivity contribution in [3.05, 3.63) is 64.7 Å². The van der Waals surface area contributed by atoms with Crippen LogP contribution in [0, 0.1) is 20.8 Å². The van der Waals surface area contributed by atoms with Crippen molar-refractivity contribution < 1.29 is 9.53 Å². The van der Waals surface area contributed by atoms with Gasteiger partial charge >= 0.3 is 0 Å². The number of nitrogens with zero attached hydrogens (tertiary/aromatic N) is 4. The van der Waals surface area contributed by atoms with Gasteiger partial charge in [-0.15, -0.1) is 0 Å². The Labute approximate surface area is 159 Å². The second-order valence-electron chi connectivity index (χ2n) is 6.56. The lowest BCUT2D eigenvalue weighted by molar-refractivity contribution is 0.0944. The zero-order chi connectivity index (χ0) is 19.4. The Balaban J connectivity index is 1.56. The van der Waals surface area contributed by atoms with Crippen LogP contribution in [0.1, 0.15) is 39.8 Å². The summed E-state index contributed by atoms with van der Waals surface area (Å²) in [5, 5.41) is 11.6. The van der Waals surface area contributed by atoms with Gasteiger partial charge in [0.2, 0.25) is 0 Å². The number of benzene rings is 1. The molecule has 1 aromatic carbocycles. The monoisotopic (exact) mass is 367 g/mol. The van der Waals surface area contributed by atoms with Gasteiger partial charge in [-0.2, -0.15) is 10.2 Å². The first-order valence-electron chi connectivity index (χ1n) is 9.01. The molecule has 2 heterocycles. The van der Waals surface area contributed by atoms with Gasteiger partial charge in [0.25, 0.3) is 5.91 Å². The van der Waals surface area contributed by atoms with Crippen LogP contribution in [-0.2, 0) is 19.8 Å². The van der Waals surface area contributed by atoms with Gasteiger partial charge < -0.3 is 10.1 Å². The van der Waals surface area contributed by atoms with Crippen LogP contribution in [0.5, 0.6) is 5.75 Å². The molecule has 0 spiro atoms. The molecule has 0 saturated carbocycles. The first-order chi connectivity index (χ1) is 13.0. The van der Waals surface area contributed by atoms with E-state index in [2.05, 4.69) is 21.6 Å². The summed E-state index contributed by atoms with van der Waals surface area (Å²) in [5.74, 6) is 0.592. The number of carbonyl (C=O) groups excluding carboxylic acids is 1. The van der Waals surface area contributed by atoms with Gasteiger partial charge in [-0.25, -0.2) is 4.68 Å². The van der Waals surface area contributed by atoms with Crippen molar-refractivity contribution in [3.63, 3.8) is 0 Å². The van der Waals surface area contributed by atoms with E-state index in [1.807, 2.05) is 50.7 Å². The normalized spacial score (nSPS) is 10.8. The number of ether oxygens (including phenoxy) is 1. The van der Waals surface area contributed by atoms with Crippen LogP contribution in [0.25, 0.3) is 0 Å². The molecular formula is C20H25N5O2. The fourth-order valence-corrected chi connectivity index (χ4v) is 2.81. The molecule has 142 valence electrons. The molecule has 0 fully saturated rings. The topological polar surface area (TPSA) is 74.0 Å². The highest BCUT2D eigenvalue weighted by molar-refractivity contribution is 5.92. The Morgan fingerprint density at radius 1 is 1.15 bits per heavy atom. The molecule has 3 aromatic rings. The molecule has 2 aromatic heterocycles. The predicted octanol–water partition coefficient (Wildman–Crippen LogP) is 2.99. The molecule has 3 rings (SSSR count). The van der Waals surface area contributed by atoms with Crippen LogP contribution in [-0.4, -0.2) is 25.5 Å². The van der Waals surface area contributed by atoms with Gasteiger partial charge in [0.1, 0.15) is 11.4 Å². The molecule has 1 N–H and O–H groups in total. The summed E-state index contributed by atoms with van der Waals surface area (Å²) in [6.07, 6.45) is 3.69. The highest BCUT2D eigenvalue weighted by Crippen LogP contribution is 2.19. The third-order valence-electron chi connectivity index (χ3n) is 4.37. The molecule has 0 aliphatic heterocycles. The first kappa shape index (κ1) is 18.7. The number of rotatable bonds is 7. The number of aromatic nitrogens is 4. The average Bonchev–Trinajstić information content (AvgIpc) is 3.25. The lowest BCUT2D eigenvalue weighted by Crippen LogP contribution is -2.23. The Kier molecular flexibility index (Phi) is 5.59. The Morgan fingerprint density at radius 3 is 2.67 bits per heavy atom. The van der Waals surface area contributed by atoms with E-state index < -0.39 is 0 Å². The molecule has 0 bridgehead atoms. The van der Waals surface area contributed by atoms with E-state index in [4.69, 9.17) is 4.74 Å². The Hall–Kier alpha value is -3.09. The van der Waals surface area contributed by atoms with E-state index in [0.717, 1.165) is 29.1 Å². The van der Waals surface area contributed by atoms with Crippen LogP contribution in [0.15, 0.2) is 36.7 Å². The van der Waals surface area contributed by atoms with Gasteiger partial charge in [0, 0.05) is 31.0 Å². The lowest BCUT2D eigenvalue weighted by atomic mass is 10.1. The molecule has 0 aliphatic carbocycles. The van der Waals surface area contributed by atoms with E-state index in [-0.39, 0.29) is 12.6 Å². The van der Waals surface area contributed by atoms with Gasteiger partial charge in [0.05, 0.1) is 5.69 Å². The van der Waals surface area contributed by atoms with Crippen molar-refractivity contribution in [2.24, 2.45) is 0 Å². The van der Waals surface area contributed by atoms with Gasteiger partial charge in [0.15, 0.2) is 6.73 Å². The van der Waals surface area contributed by atoms with Crippen LogP contribution in [0.2, 0.25) is 0 Å². The number of carbonyl (C=O) groups is 1. The summed E-state index contributed by atoms with van der Waals surface area (Å²) >= 11 is 0. The molecule has 0 aliphatic rings. The summed E-state index contributed by atoms with van der Waals surface area (Å²) in [5.41, 5.74) is 4.55. The fraction of sp³-hybridized carbons (Fsp3) is 0.350. The summed E-state index contributed by atoms with van der Waals surface area (Å²) in [6.45, 7) is 9.50. The minimum absolute atomic E-state index is 0.219. The van der Waals surface area contributed by atoms with Crippen LogP contribution >= 0.6 is 0 Å². The molecular weight excluding hydrogens is 342 g/mol. The minimum Gasteiger partial charge on any atom is -0.471 e. The largest absolute Gasteiger partial charge is 0.471 e. The Morgan fingerprint density at radius 2 is 1.96 bits per heavy atom. The summed E-state index contributed by atoms with van der Waals surface area (Å²) in [7, 11) is 0. The van der Waals surface area contributed by atoms with Crippen molar-refractivity contribution in [1.82, 2.24) is 24.9 Å². The lowest BCUT2D eigenvalue weighted by Gasteiger charge is -2.09. The molecule has 27 heavy (non-hydrogen) atoms. The number of hydrogen-bond donors (Lipinski definition) is 1. The molecule has 0 unspecified atom stereocenters. The second-order valence-corrected chi connectivity index (χ2v) is 6.56. The SMILES string of the molecule is CCn1cc(CNC(=O)c2ccn(COc3ccc(C)cc3C)n2)c(C)n1. The van der Waals surface area contributed by atoms with E-state index in [0.29, 0.717) is 12.2 Å². The minimum atomic E-state index is -0.219. The average molecular weight is 367 g/mol. The molecule has 0 saturated heterocycles. The quantitative estimate of drug-likeness (QED) is 0.697. The molecule has 7 nitrogen and oxygen atoms in total. The predicted molar refractivity (Wildman–Crippen MR) is 103 cm³/mol. The highest BCUT2D eigenvalue weighted by Gasteiger charge is 2.11. The molecule has 0 atom stereocenters. The van der Waals surface area contributed by atoms with Crippen molar-refractivity contribution >= 4 is 5.91 Å². The maximum Gasteiger partial charge on any atom is 0.272 e. The summed E-state index contributed by atoms with van der Waals surface area (Å²) < 4.78 is 9.25. The summed E-state index contributed by atoms with van der Waals surface area (Å²) in [4.78, 5) is 12.3. The van der Waals surface area contributed by atoms with E-state index in [9.17, 15) is 4.79 Å². The first-order valence-corrected chi connectivity index (χ1v) is 9.01. The Bertz CT molecular complexity index is 942. The molecule has 1 amide bonds. The van der Waals surface area contributed by atoms with Gasteiger partial charge in [-0.1, -0.05) is 17.7 Å². The van der Waals surface area contributed by atoms with E-state index in [1.165, 1.54) is 5.56 Å². The fourth-order valence-electron chi connectivity index (χ4n) is 2.81. The third kappa shape index (κ3) is 4.55. The van der Waals surface area contributed by atoms with Crippen molar-refractivity contribution in [2.75, 3.05) is 0 Å².